The van der Waals surface area contributed by atoms with Crippen molar-refractivity contribution >= 4 is 12.0 Å². The van der Waals surface area contributed by atoms with Crippen LogP contribution >= 0.6 is 0 Å². The number of amides is 1. The van der Waals surface area contributed by atoms with E-state index >= 15 is 0 Å². The molecule has 0 aliphatic heterocycles. The van der Waals surface area contributed by atoms with E-state index in [-0.39, 0.29) is 12.5 Å². The third-order valence-corrected chi connectivity index (χ3v) is 2.41. The Labute approximate surface area is 102 Å². The van der Waals surface area contributed by atoms with Gasteiger partial charge in [-0.05, 0) is 38.0 Å². The molecule has 1 rings (SSSR count). The molecule has 0 radical (unpaired) electrons. The molecule has 2 N–H and O–H groups in total. The standard InChI is InChI=1S/C14H19NO2/c1-10-4-5-13(11(2)8-10)6-7-14(17)15-9-12(3)16/h4-8,12,16H,9H2,1-3H3,(H,15,17)/b7-6+. The zero-order valence-electron chi connectivity index (χ0n) is 10.5. The van der Waals surface area contributed by atoms with Crippen LogP contribution in [0.1, 0.15) is 23.6 Å². The van der Waals surface area contributed by atoms with E-state index in [1.165, 1.54) is 11.6 Å². The van der Waals surface area contributed by atoms with Crippen LogP contribution in [-0.4, -0.2) is 23.7 Å². The van der Waals surface area contributed by atoms with Gasteiger partial charge >= 0.3 is 0 Å². The number of carbonyl (C=O) groups excluding carboxylic acids is 1. The summed E-state index contributed by atoms with van der Waals surface area (Å²) in [6.45, 7) is 5.96. The smallest absolute Gasteiger partial charge is 0.244 e. The SMILES string of the molecule is Cc1ccc(/C=C/C(=O)NCC(C)O)c(C)c1. The number of nitrogens with one attached hydrogen (secondary N) is 1. The number of aliphatic hydroxyl groups excluding tert-OH is 1. The first-order chi connectivity index (χ1) is 7.99. The van der Waals surface area contributed by atoms with Crippen LogP contribution in [0.25, 0.3) is 6.08 Å². The quantitative estimate of drug-likeness (QED) is 0.779. The van der Waals surface area contributed by atoms with E-state index in [1.54, 1.807) is 13.0 Å². The molecule has 1 aromatic rings. The molecule has 0 aromatic heterocycles. The topological polar surface area (TPSA) is 49.3 Å². The highest BCUT2D eigenvalue weighted by molar-refractivity contribution is 5.91. The van der Waals surface area contributed by atoms with Crippen molar-refractivity contribution in [2.75, 3.05) is 6.54 Å². The first-order valence-electron chi connectivity index (χ1n) is 5.70. The molecule has 0 spiro atoms. The molecule has 0 aliphatic carbocycles. The van der Waals surface area contributed by atoms with Crippen molar-refractivity contribution < 1.29 is 9.90 Å². The van der Waals surface area contributed by atoms with Crippen molar-refractivity contribution in [2.24, 2.45) is 0 Å². The van der Waals surface area contributed by atoms with Gasteiger partial charge in [0.15, 0.2) is 0 Å². The number of aliphatic hydroxyl groups is 1. The highest BCUT2D eigenvalue weighted by Gasteiger charge is 1.99. The van der Waals surface area contributed by atoms with Crippen LogP contribution in [0.15, 0.2) is 24.3 Å². The fourth-order valence-corrected chi connectivity index (χ4v) is 1.49. The summed E-state index contributed by atoms with van der Waals surface area (Å²) in [5, 5.41) is 11.6. The van der Waals surface area contributed by atoms with Gasteiger partial charge in [0.05, 0.1) is 6.10 Å². The Morgan fingerprint density at radius 1 is 1.47 bits per heavy atom. The molecule has 0 fully saturated rings. The number of hydrogen-bond acceptors (Lipinski definition) is 2. The normalized spacial score (nSPS) is 12.7. The van der Waals surface area contributed by atoms with Gasteiger partial charge < -0.3 is 10.4 Å². The lowest BCUT2D eigenvalue weighted by Gasteiger charge is -2.04. The second kappa shape index (κ2) is 6.21. The lowest BCUT2D eigenvalue weighted by molar-refractivity contribution is -0.116. The monoisotopic (exact) mass is 233 g/mol. The Hall–Kier alpha value is -1.61. The van der Waals surface area contributed by atoms with Crippen LogP contribution in [0.2, 0.25) is 0 Å². The van der Waals surface area contributed by atoms with Crippen LogP contribution in [0.4, 0.5) is 0 Å². The summed E-state index contributed by atoms with van der Waals surface area (Å²) in [7, 11) is 0. The fraction of sp³-hybridized carbons (Fsp3) is 0.357. The highest BCUT2D eigenvalue weighted by Crippen LogP contribution is 2.11. The molecule has 0 saturated carbocycles. The maximum Gasteiger partial charge on any atom is 0.244 e. The maximum absolute atomic E-state index is 11.4. The number of aryl methyl sites for hydroxylation is 2. The van der Waals surface area contributed by atoms with Crippen molar-refractivity contribution in [2.45, 2.75) is 26.9 Å². The molecule has 3 heteroatoms. The largest absolute Gasteiger partial charge is 0.392 e. The van der Waals surface area contributed by atoms with E-state index < -0.39 is 6.10 Å². The van der Waals surface area contributed by atoms with Gasteiger partial charge in [0.2, 0.25) is 5.91 Å². The molecule has 0 aliphatic rings. The van der Waals surface area contributed by atoms with E-state index in [1.807, 2.05) is 26.0 Å². The zero-order valence-corrected chi connectivity index (χ0v) is 10.5. The van der Waals surface area contributed by atoms with Crippen molar-refractivity contribution in [3.63, 3.8) is 0 Å². The third kappa shape index (κ3) is 4.83. The molecule has 0 bridgehead atoms. The van der Waals surface area contributed by atoms with Crippen LogP contribution in [0, 0.1) is 13.8 Å². The summed E-state index contributed by atoms with van der Waals surface area (Å²) in [4.78, 5) is 11.4. The van der Waals surface area contributed by atoms with Gasteiger partial charge in [-0.25, -0.2) is 0 Å². The summed E-state index contributed by atoms with van der Waals surface area (Å²) in [5.41, 5.74) is 3.38. The first kappa shape index (κ1) is 13.5. The Morgan fingerprint density at radius 3 is 2.76 bits per heavy atom. The molecule has 92 valence electrons. The van der Waals surface area contributed by atoms with E-state index in [0.29, 0.717) is 0 Å². The molecule has 1 amide bonds. The minimum Gasteiger partial charge on any atom is -0.392 e. The Kier molecular flexibility index (Phi) is 4.91. The minimum atomic E-state index is -0.520. The molecule has 3 nitrogen and oxygen atoms in total. The summed E-state index contributed by atoms with van der Waals surface area (Å²) in [5.74, 6) is -0.189. The summed E-state index contributed by atoms with van der Waals surface area (Å²) in [6, 6.07) is 6.08. The van der Waals surface area contributed by atoms with Crippen molar-refractivity contribution in [3.05, 3.63) is 41.0 Å². The van der Waals surface area contributed by atoms with Gasteiger partial charge in [-0.15, -0.1) is 0 Å². The van der Waals surface area contributed by atoms with Gasteiger partial charge in [0, 0.05) is 12.6 Å². The number of carbonyl (C=O) groups is 1. The Balaban J connectivity index is 2.61. The number of rotatable bonds is 4. The predicted octanol–water partition coefficient (Wildman–Crippen LogP) is 1.81. The number of benzene rings is 1. The maximum atomic E-state index is 11.4. The van der Waals surface area contributed by atoms with Crippen LogP contribution in [0.3, 0.4) is 0 Å². The van der Waals surface area contributed by atoms with Gasteiger partial charge in [-0.3, -0.25) is 4.79 Å². The van der Waals surface area contributed by atoms with Crippen molar-refractivity contribution in [1.29, 1.82) is 0 Å². The third-order valence-electron chi connectivity index (χ3n) is 2.41. The Bertz CT molecular complexity index is 422. The molecular formula is C14H19NO2. The van der Waals surface area contributed by atoms with Crippen molar-refractivity contribution in [3.8, 4) is 0 Å². The van der Waals surface area contributed by atoms with E-state index in [4.69, 9.17) is 5.11 Å². The van der Waals surface area contributed by atoms with Crippen molar-refractivity contribution in [1.82, 2.24) is 5.32 Å². The van der Waals surface area contributed by atoms with E-state index in [0.717, 1.165) is 11.1 Å². The van der Waals surface area contributed by atoms with Gasteiger partial charge in [0.1, 0.15) is 0 Å². The van der Waals surface area contributed by atoms with Crippen LogP contribution in [-0.2, 0) is 4.79 Å². The average molecular weight is 233 g/mol. The second-order valence-corrected chi connectivity index (χ2v) is 4.29. The molecule has 1 aromatic carbocycles. The first-order valence-corrected chi connectivity index (χ1v) is 5.70. The average Bonchev–Trinajstić information content (AvgIpc) is 2.25. The lowest BCUT2D eigenvalue weighted by Crippen LogP contribution is -2.28. The van der Waals surface area contributed by atoms with E-state index in [9.17, 15) is 4.79 Å². The highest BCUT2D eigenvalue weighted by atomic mass is 16.3. The fourth-order valence-electron chi connectivity index (χ4n) is 1.49. The van der Waals surface area contributed by atoms with Gasteiger partial charge in [-0.1, -0.05) is 23.8 Å². The lowest BCUT2D eigenvalue weighted by atomic mass is 10.1. The second-order valence-electron chi connectivity index (χ2n) is 4.29. The summed E-state index contributed by atoms with van der Waals surface area (Å²) >= 11 is 0. The number of hydrogen-bond donors (Lipinski definition) is 2. The minimum absolute atomic E-state index is 0.189. The molecule has 0 saturated heterocycles. The molecule has 17 heavy (non-hydrogen) atoms. The molecule has 1 atom stereocenters. The van der Waals surface area contributed by atoms with E-state index in [2.05, 4.69) is 11.4 Å². The van der Waals surface area contributed by atoms with Gasteiger partial charge in [-0.2, -0.15) is 0 Å². The summed E-state index contributed by atoms with van der Waals surface area (Å²) < 4.78 is 0. The summed E-state index contributed by atoms with van der Waals surface area (Å²) in [6.07, 6.45) is 2.75. The van der Waals surface area contributed by atoms with Gasteiger partial charge in [0.25, 0.3) is 0 Å². The predicted molar refractivity (Wildman–Crippen MR) is 69.6 cm³/mol. The van der Waals surface area contributed by atoms with Crippen LogP contribution in [0.5, 0.6) is 0 Å². The van der Waals surface area contributed by atoms with Crippen LogP contribution < -0.4 is 5.32 Å². The molecular weight excluding hydrogens is 214 g/mol. The zero-order chi connectivity index (χ0) is 12.8. The Morgan fingerprint density at radius 2 is 2.18 bits per heavy atom. The molecule has 1 unspecified atom stereocenters. The molecule has 0 heterocycles.